The first-order chi connectivity index (χ1) is 15.1. The molecule has 4 aromatic rings. The van der Waals surface area contributed by atoms with Gasteiger partial charge in [-0.25, -0.2) is 4.98 Å². The van der Waals surface area contributed by atoms with Crippen LogP contribution in [0.3, 0.4) is 0 Å². The highest BCUT2D eigenvalue weighted by Crippen LogP contribution is 2.37. The fourth-order valence-corrected chi connectivity index (χ4v) is 3.04. The minimum Gasteiger partial charge on any atom is -0.484 e. The summed E-state index contributed by atoms with van der Waals surface area (Å²) in [5, 5.41) is 0.751. The van der Waals surface area contributed by atoms with Gasteiger partial charge in [-0.05, 0) is 53.6 Å². The van der Waals surface area contributed by atoms with Crippen molar-refractivity contribution in [1.82, 2.24) is 9.97 Å². The smallest absolute Gasteiger partial charge is 0.422 e. The van der Waals surface area contributed by atoms with E-state index in [0.29, 0.717) is 28.8 Å². The summed E-state index contributed by atoms with van der Waals surface area (Å²) in [7, 11) is 0. The Balaban J connectivity index is 1.62. The van der Waals surface area contributed by atoms with Gasteiger partial charge in [-0.2, -0.15) is 26.3 Å². The van der Waals surface area contributed by atoms with Gasteiger partial charge in [0.25, 0.3) is 0 Å². The summed E-state index contributed by atoms with van der Waals surface area (Å²) in [6, 6.07) is 12.1. The van der Waals surface area contributed by atoms with Crippen LogP contribution < -0.4 is 9.47 Å². The number of nitrogens with zero attached hydrogens (tertiary/aromatic N) is 1. The van der Waals surface area contributed by atoms with Crippen molar-refractivity contribution in [3.63, 3.8) is 0 Å². The summed E-state index contributed by atoms with van der Waals surface area (Å²) >= 11 is 0. The van der Waals surface area contributed by atoms with Crippen molar-refractivity contribution in [3.8, 4) is 28.4 Å². The van der Waals surface area contributed by atoms with E-state index in [2.05, 4.69) is 14.7 Å². The maximum atomic E-state index is 13.2. The van der Waals surface area contributed by atoms with Crippen LogP contribution in [0, 0.1) is 0 Å². The summed E-state index contributed by atoms with van der Waals surface area (Å²) in [4.78, 5) is 7.11. The first-order valence-corrected chi connectivity index (χ1v) is 9.21. The summed E-state index contributed by atoms with van der Waals surface area (Å²) in [6.07, 6.45) is -6.16. The van der Waals surface area contributed by atoms with E-state index in [-0.39, 0.29) is 5.56 Å². The summed E-state index contributed by atoms with van der Waals surface area (Å²) in [5.41, 5.74) is -0.0732. The molecular formula is C22H14F6N2O2. The Morgan fingerprint density at radius 2 is 1.56 bits per heavy atom. The highest BCUT2D eigenvalue weighted by molar-refractivity contribution is 5.82. The van der Waals surface area contributed by atoms with E-state index in [1.54, 1.807) is 36.7 Å². The predicted molar refractivity (Wildman–Crippen MR) is 105 cm³/mol. The van der Waals surface area contributed by atoms with Crippen molar-refractivity contribution >= 4 is 11.0 Å². The molecule has 0 aliphatic rings. The lowest BCUT2D eigenvalue weighted by molar-refractivity contribution is -0.153. The predicted octanol–water partition coefficient (Wildman–Crippen LogP) is 6.98. The Labute approximate surface area is 177 Å². The molecule has 0 saturated heterocycles. The van der Waals surface area contributed by atoms with Crippen LogP contribution in [0.15, 0.2) is 67.0 Å². The minimum absolute atomic E-state index is 0.0560. The average molecular weight is 452 g/mol. The van der Waals surface area contributed by atoms with Crippen molar-refractivity contribution in [3.05, 3.63) is 72.6 Å². The van der Waals surface area contributed by atoms with E-state index in [1.807, 2.05) is 0 Å². The molecule has 0 radical (unpaired) electrons. The number of alkyl halides is 6. The van der Waals surface area contributed by atoms with Crippen LogP contribution in [0.25, 0.3) is 22.2 Å². The number of pyridine rings is 1. The largest absolute Gasteiger partial charge is 0.484 e. The number of hydrogen-bond donors (Lipinski definition) is 1. The minimum atomic E-state index is -4.75. The van der Waals surface area contributed by atoms with Crippen LogP contribution in [0.5, 0.6) is 17.2 Å². The van der Waals surface area contributed by atoms with Gasteiger partial charge >= 0.3 is 12.4 Å². The van der Waals surface area contributed by atoms with Crippen LogP contribution in [-0.2, 0) is 6.18 Å². The first kappa shape index (κ1) is 21.5. The Hall–Kier alpha value is -3.69. The summed E-state index contributed by atoms with van der Waals surface area (Å²) < 4.78 is 87.4. The third-order valence-electron chi connectivity index (χ3n) is 4.47. The molecule has 4 nitrogen and oxygen atoms in total. The number of aromatic nitrogens is 2. The maximum Gasteiger partial charge on any atom is 0.422 e. The highest BCUT2D eigenvalue weighted by Gasteiger charge is 2.33. The van der Waals surface area contributed by atoms with E-state index in [9.17, 15) is 26.3 Å². The molecule has 0 saturated carbocycles. The molecule has 166 valence electrons. The molecule has 1 N–H and O–H groups in total. The molecular weight excluding hydrogens is 438 g/mol. The molecule has 0 aliphatic heterocycles. The Kier molecular flexibility index (Phi) is 5.45. The molecule has 0 fully saturated rings. The zero-order valence-electron chi connectivity index (χ0n) is 16.1. The molecule has 0 bridgehead atoms. The van der Waals surface area contributed by atoms with Gasteiger partial charge < -0.3 is 14.5 Å². The molecule has 0 atom stereocenters. The van der Waals surface area contributed by atoms with Gasteiger partial charge in [0.2, 0.25) is 0 Å². The van der Waals surface area contributed by atoms with Gasteiger partial charge in [-0.3, -0.25) is 0 Å². The number of hydrogen-bond acceptors (Lipinski definition) is 3. The zero-order chi connectivity index (χ0) is 22.9. The molecule has 2 aromatic heterocycles. The number of rotatable bonds is 5. The monoisotopic (exact) mass is 452 g/mol. The number of halogens is 6. The van der Waals surface area contributed by atoms with Gasteiger partial charge in [-0.1, -0.05) is 12.1 Å². The number of ether oxygens (including phenoxy) is 2. The normalized spacial score (nSPS) is 12.2. The van der Waals surface area contributed by atoms with Crippen molar-refractivity contribution in [1.29, 1.82) is 0 Å². The standard InChI is InChI=1S/C22H14F6N2O2/c23-21(24,25)12-31-17-10-14(9-15(11-17)22(26,27)28)13-1-3-16(4-2-13)32-19-6-8-30-20-18(19)5-7-29-20/h1-11H,12H2,(H,29,30). The van der Waals surface area contributed by atoms with Crippen LogP contribution in [0.4, 0.5) is 26.3 Å². The molecule has 2 heterocycles. The molecule has 0 amide bonds. The van der Waals surface area contributed by atoms with Crippen LogP contribution in [-0.4, -0.2) is 22.8 Å². The second-order valence-corrected chi connectivity index (χ2v) is 6.82. The average Bonchev–Trinajstić information content (AvgIpc) is 3.21. The van der Waals surface area contributed by atoms with E-state index in [1.165, 1.54) is 12.1 Å². The molecule has 2 aromatic carbocycles. The van der Waals surface area contributed by atoms with Crippen molar-refractivity contribution in [2.45, 2.75) is 12.4 Å². The molecule has 0 aliphatic carbocycles. The number of nitrogens with one attached hydrogen (secondary N) is 1. The van der Waals surface area contributed by atoms with E-state index in [0.717, 1.165) is 17.5 Å². The van der Waals surface area contributed by atoms with Crippen molar-refractivity contribution in [2.24, 2.45) is 0 Å². The second kappa shape index (κ2) is 8.10. The van der Waals surface area contributed by atoms with Crippen LogP contribution >= 0.6 is 0 Å². The van der Waals surface area contributed by atoms with Crippen LogP contribution in [0.1, 0.15) is 5.56 Å². The van der Waals surface area contributed by atoms with Crippen molar-refractivity contribution in [2.75, 3.05) is 6.61 Å². The van der Waals surface area contributed by atoms with E-state index in [4.69, 9.17) is 4.74 Å². The quantitative estimate of drug-likeness (QED) is 0.332. The van der Waals surface area contributed by atoms with Crippen molar-refractivity contribution < 1.29 is 35.8 Å². The fraction of sp³-hybridized carbons (Fsp3) is 0.136. The van der Waals surface area contributed by atoms with Gasteiger partial charge in [0.05, 0.1) is 10.9 Å². The molecule has 10 heteroatoms. The van der Waals surface area contributed by atoms with E-state index >= 15 is 0 Å². The third kappa shape index (κ3) is 4.96. The molecule has 0 spiro atoms. The lowest BCUT2D eigenvalue weighted by atomic mass is 10.0. The number of fused-ring (bicyclic) bond motifs is 1. The molecule has 0 unspecified atom stereocenters. The zero-order valence-corrected chi connectivity index (χ0v) is 16.1. The lowest BCUT2D eigenvalue weighted by Gasteiger charge is -2.15. The van der Waals surface area contributed by atoms with Crippen LogP contribution in [0.2, 0.25) is 0 Å². The SMILES string of the molecule is FC(F)(F)COc1cc(-c2ccc(Oc3ccnc4[nH]ccc34)cc2)cc(C(F)(F)F)c1. The lowest BCUT2D eigenvalue weighted by Crippen LogP contribution is -2.19. The third-order valence-corrected chi connectivity index (χ3v) is 4.47. The summed E-state index contributed by atoms with van der Waals surface area (Å²) in [6.45, 7) is -1.69. The number of H-pyrrole nitrogens is 1. The van der Waals surface area contributed by atoms with Gasteiger partial charge in [0.15, 0.2) is 6.61 Å². The Morgan fingerprint density at radius 3 is 2.25 bits per heavy atom. The molecule has 32 heavy (non-hydrogen) atoms. The highest BCUT2D eigenvalue weighted by atomic mass is 19.4. The number of aromatic amines is 1. The second-order valence-electron chi connectivity index (χ2n) is 6.82. The van der Waals surface area contributed by atoms with Gasteiger partial charge in [0.1, 0.15) is 22.9 Å². The Morgan fingerprint density at radius 1 is 0.812 bits per heavy atom. The van der Waals surface area contributed by atoms with Gasteiger partial charge in [-0.15, -0.1) is 0 Å². The maximum absolute atomic E-state index is 13.2. The fourth-order valence-electron chi connectivity index (χ4n) is 3.04. The van der Waals surface area contributed by atoms with E-state index < -0.39 is 30.3 Å². The molecule has 4 rings (SSSR count). The Bertz CT molecular complexity index is 1230. The first-order valence-electron chi connectivity index (χ1n) is 9.21. The summed E-state index contributed by atoms with van der Waals surface area (Å²) in [5.74, 6) is 0.424. The topological polar surface area (TPSA) is 47.1 Å². The van der Waals surface area contributed by atoms with Gasteiger partial charge in [0, 0.05) is 12.4 Å². The number of benzene rings is 2.